The Morgan fingerprint density at radius 2 is 2.53 bits per heavy atom. The highest BCUT2D eigenvalue weighted by Gasteiger charge is 2.31. The molecule has 0 saturated carbocycles. The summed E-state index contributed by atoms with van der Waals surface area (Å²) in [5.41, 5.74) is 8.87. The zero-order valence-corrected chi connectivity index (χ0v) is 10.4. The first kappa shape index (κ1) is 11.0. The van der Waals surface area contributed by atoms with Crippen molar-refractivity contribution in [2.45, 2.75) is 25.0 Å². The van der Waals surface area contributed by atoms with Gasteiger partial charge in [-0.25, -0.2) is 4.98 Å². The van der Waals surface area contributed by atoms with Crippen LogP contribution in [0.25, 0.3) is 0 Å². The Bertz CT molecular complexity index is 400. The average molecular weight is 252 g/mol. The third kappa shape index (κ3) is 2.14. The van der Waals surface area contributed by atoms with E-state index in [1.807, 2.05) is 5.51 Å². The van der Waals surface area contributed by atoms with Crippen LogP contribution in [0.2, 0.25) is 0 Å². The lowest BCUT2D eigenvalue weighted by Crippen LogP contribution is -2.41. The SMILES string of the molecule is NC1=NCC(c2cscn2)N1CC1CCCO1. The van der Waals surface area contributed by atoms with E-state index in [2.05, 4.69) is 20.3 Å². The van der Waals surface area contributed by atoms with Crippen molar-refractivity contribution >= 4 is 17.3 Å². The van der Waals surface area contributed by atoms with Gasteiger partial charge >= 0.3 is 0 Å². The Kier molecular flexibility index (Phi) is 2.98. The number of hydrogen-bond acceptors (Lipinski definition) is 6. The molecule has 2 N–H and O–H groups in total. The number of nitrogens with two attached hydrogens (primary N) is 1. The summed E-state index contributed by atoms with van der Waals surface area (Å²) >= 11 is 1.61. The van der Waals surface area contributed by atoms with Crippen LogP contribution in [0.4, 0.5) is 0 Å². The smallest absolute Gasteiger partial charge is 0.192 e. The monoisotopic (exact) mass is 252 g/mol. The molecule has 0 bridgehead atoms. The number of thiazole rings is 1. The normalized spacial score (nSPS) is 28.7. The molecule has 5 nitrogen and oxygen atoms in total. The summed E-state index contributed by atoms with van der Waals surface area (Å²) in [4.78, 5) is 10.8. The molecule has 0 aliphatic carbocycles. The van der Waals surface area contributed by atoms with Gasteiger partial charge in [0.1, 0.15) is 0 Å². The summed E-state index contributed by atoms with van der Waals surface area (Å²) in [7, 11) is 0. The highest BCUT2D eigenvalue weighted by molar-refractivity contribution is 7.07. The van der Waals surface area contributed by atoms with E-state index in [1.54, 1.807) is 11.3 Å². The summed E-state index contributed by atoms with van der Waals surface area (Å²) < 4.78 is 5.66. The van der Waals surface area contributed by atoms with E-state index in [0.29, 0.717) is 18.6 Å². The maximum Gasteiger partial charge on any atom is 0.192 e. The molecule has 0 spiro atoms. The van der Waals surface area contributed by atoms with Crippen molar-refractivity contribution in [3.05, 3.63) is 16.6 Å². The molecule has 1 saturated heterocycles. The second kappa shape index (κ2) is 4.62. The van der Waals surface area contributed by atoms with Crippen LogP contribution in [0, 0.1) is 0 Å². The van der Waals surface area contributed by atoms with Gasteiger partial charge in [-0.3, -0.25) is 4.99 Å². The van der Waals surface area contributed by atoms with Gasteiger partial charge in [-0.05, 0) is 12.8 Å². The zero-order valence-electron chi connectivity index (χ0n) is 9.58. The standard InChI is InChI=1S/C11H16N4OS/c12-11-13-4-10(9-6-17-7-14-9)15(11)5-8-2-1-3-16-8/h6-8,10H,1-5H2,(H2,12,13). The van der Waals surface area contributed by atoms with E-state index in [4.69, 9.17) is 10.5 Å². The minimum Gasteiger partial charge on any atom is -0.376 e. The van der Waals surface area contributed by atoms with Gasteiger partial charge < -0.3 is 15.4 Å². The first-order chi connectivity index (χ1) is 8.34. The average Bonchev–Trinajstić information content (AvgIpc) is 3.03. The molecular formula is C11H16N4OS. The Hall–Kier alpha value is -1.14. The van der Waals surface area contributed by atoms with Crippen LogP contribution >= 0.6 is 11.3 Å². The minimum atomic E-state index is 0.199. The van der Waals surface area contributed by atoms with Crippen molar-refractivity contribution in [1.82, 2.24) is 9.88 Å². The lowest BCUT2D eigenvalue weighted by molar-refractivity contribution is 0.0849. The van der Waals surface area contributed by atoms with E-state index < -0.39 is 0 Å². The van der Waals surface area contributed by atoms with Crippen LogP contribution in [-0.4, -0.2) is 41.6 Å². The number of aromatic nitrogens is 1. The predicted molar refractivity (Wildman–Crippen MR) is 67.0 cm³/mol. The van der Waals surface area contributed by atoms with Crippen molar-refractivity contribution in [2.75, 3.05) is 19.7 Å². The third-order valence-corrected chi connectivity index (χ3v) is 3.92. The van der Waals surface area contributed by atoms with Crippen LogP contribution in [0.15, 0.2) is 15.9 Å². The molecule has 17 heavy (non-hydrogen) atoms. The van der Waals surface area contributed by atoms with Crippen LogP contribution in [0.1, 0.15) is 24.6 Å². The van der Waals surface area contributed by atoms with Crippen LogP contribution in [-0.2, 0) is 4.74 Å². The summed E-state index contributed by atoms with van der Waals surface area (Å²) in [5.74, 6) is 0.624. The van der Waals surface area contributed by atoms with E-state index in [0.717, 1.165) is 31.7 Å². The molecule has 3 rings (SSSR count). The lowest BCUT2D eigenvalue weighted by Gasteiger charge is -2.27. The van der Waals surface area contributed by atoms with Crippen molar-refractivity contribution in [3.63, 3.8) is 0 Å². The van der Waals surface area contributed by atoms with Gasteiger partial charge in [-0.2, -0.15) is 0 Å². The quantitative estimate of drug-likeness (QED) is 0.871. The Labute approximate surface area is 104 Å². The van der Waals surface area contributed by atoms with E-state index in [9.17, 15) is 0 Å². The molecule has 2 aliphatic rings. The summed E-state index contributed by atoms with van der Waals surface area (Å²) in [6.45, 7) is 2.41. The Morgan fingerprint density at radius 3 is 3.24 bits per heavy atom. The number of aliphatic imine (C=N–C) groups is 1. The van der Waals surface area contributed by atoms with Crippen LogP contribution in [0.3, 0.4) is 0 Å². The molecule has 6 heteroatoms. The molecule has 1 fully saturated rings. The first-order valence-corrected chi connectivity index (χ1v) is 6.85. The second-order valence-corrected chi connectivity index (χ2v) is 5.13. The number of guanidine groups is 1. The third-order valence-electron chi connectivity index (χ3n) is 3.31. The molecule has 0 aromatic carbocycles. The van der Waals surface area contributed by atoms with Gasteiger partial charge in [0.05, 0.1) is 29.9 Å². The molecule has 2 atom stereocenters. The molecule has 0 amide bonds. The molecule has 1 aromatic heterocycles. The van der Waals surface area contributed by atoms with E-state index in [-0.39, 0.29) is 6.04 Å². The van der Waals surface area contributed by atoms with Gasteiger partial charge in [-0.1, -0.05) is 0 Å². The zero-order chi connectivity index (χ0) is 11.7. The molecule has 2 unspecified atom stereocenters. The van der Waals surface area contributed by atoms with Crippen LogP contribution < -0.4 is 5.73 Å². The number of rotatable bonds is 3. The Balaban J connectivity index is 1.72. The maximum atomic E-state index is 5.95. The molecule has 0 radical (unpaired) electrons. The van der Waals surface area contributed by atoms with Gasteiger partial charge in [0.15, 0.2) is 5.96 Å². The van der Waals surface area contributed by atoms with Crippen molar-refractivity contribution in [2.24, 2.45) is 10.7 Å². The lowest BCUT2D eigenvalue weighted by atomic mass is 10.1. The Morgan fingerprint density at radius 1 is 1.59 bits per heavy atom. The largest absolute Gasteiger partial charge is 0.376 e. The van der Waals surface area contributed by atoms with Gasteiger partial charge in [0.25, 0.3) is 0 Å². The highest BCUT2D eigenvalue weighted by atomic mass is 32.1. The number of hydrogen-bond donors (Lipinski definition) is 1. The van der Waals surface area contributed by atoms with E-state index >= 15 is 0 Å². The van der Waals surface area contributed by atoms with Gasteiger partial charge in [0.2, 0.25) is 0 Å². The second-order valence-electron chi connectivity index (χ2n) is 4.42. The fourth-order valence-electron chi connectivity index (χ4n) is 2.40. The van der Waals surface area contributed by atoms with E-state index in [1.165, 1.54) is 0 Å². The first-order valence-electron chi connectivity index (χ1n) is 5.91. The highest BCUT2D eigenvalue weighted by Crippen LogP contribution is 2.27. The van der Waals surface area contributed by atoms with Crippen molar-refractivity contribution < 1.29 is 4.74 Å². The summed E-state index contributed by atoms with van der Waals surface area (Å²) in [5, 5.41) is 2.07. The topological polar surface area (TPSA) is 63.7 Å². The number of ether oxygens (including phenoxy) is 1. The summed E-state index contributed by atoms with van der Waals surface area (Å²) in [6, 6.07) is 0.199. The van der Waals surface area contributed by atoms with Crippen molar-refractivity contribution in [1.29, 1.82) is 0 Å². The fraction of sp³-hybridized carbons (Fsp3) is 0.636. The molecule has 3 heterocycles. The molecule has 2 aliphatic heterocycles. The van der Waals surface area contributed by atoms with Crippen molar-refractivity contribution in [3.8, 4) is 0 Å². The summed E-state index contributed by atoms with van der Waals surface area (Å²) in [6.07, 6.45) is 2.56. The number of nitrogens with zero attached hydrogens (tertiary/aromatic N) is 3. The molecule has 1 aromatic rings. The minimum absolute atomic E-state index is 0.199. The van der Waals surface area contributed by atoms with Gasteiger partial charge in [0, 0.05) is 18.5 Å². The molecule has 92 valence electrons. The fourth-order valence-corrected chi connectivity index (χ4v) is 3.00. The maximum absolute atomic E-state index is 5.95. The van der Waals surface area contributed by atoms with Crippen LogP contribution in [0.5, 0.6) is 0 Å². The van der Waals surface area contributed by atoms with Gasteiger partial charge in [-0.15, -0.1) is 11.3 Å². The predicted octanol–water partition coefficient (Wildman–Crippen LogP) is 0.993. The molecular weight excluding hydrogens is 236 g/mol.